The van der Waals surface area contributed by atoms with Crippen LogP contribution >= 0.6 is 0 Å². The number of hydrogen-bond acceptors (Lipinski definition) is 3. The average Bonchev–Trinajstić information content (AvgIpc) is 3.06. The van der Waals surface area contributed by atoms with Crippen molar-refractivity contribution in [2.45, 2.75) is 33.1 Å². The Balaban J connectivity index is 1.94. The second-order valence-corrected chi connectivity index (χ2v) is 5.94. The molecule has 0 bridgehead atoms. The predicted octanol–water partition coefficient (Wildman–Crippen LogP) is 1.72. The van der Waals surface area contributed by atoms with Crippen molar-refractivity contribution < 1.29 is 4.74 Å². The highest BCUT2D eigenvalue weighted by Gasteiger charge is 2.21. The van der Waals surface area contributed by atoms with Gasteiger partial charge < -0.3 is 15.4 Å². The third-order valence-corrected chi connectivity index (χ3v) is 3.39. The number of likely N-dealkylation sites (N-methyl/N-ethyl adjacent to an activating group) is 1. The third-order valence-electron chi connectivity index (χ3n) is 3.39. The van der Waals surface area contributed by atoms with E-state index in [1.165, 1.54) is 12.8 Å². The van der Waals surface area contributed by atoms with Gasteiger partial charge in [-0.2, -0.15) is 0 Å². The minimum Gasteiger partial charge on any atom is -0.380 e. The summed E-state index contributed by atoms with van der Waals surface area (Å²) in [5.41, 5.74) is 5.98. The lowest BCUT2D eigenvalue weighted by atomic mass is 9.89. The standard InChI is InChI=1S/C13H28N2O/c1-13(2,11-14)6-7-15(3)8-9-16-10-12-4-5-12/h12H,4-11,14H2,1-3H3. The van der Waals surface area contributed by atoms with Crippen molar-refractivity contribution in [3.8, 4) is 0 Å². The molecule has 1 aliphatic carbocycles. The van der Waals surface area contributed by atoms with Crippen LogP contribution in [0.15, 0.2) is 0 Å². The van der Waals surface area contributed by atoms with Gasteiger partial charge in [-0.1, -0.05) is 13.8 Å². The molecular weight excluding hydrogens is 200 g/mol. The number of rotatable bonds is 9. The van der Waals surface area contributed by atoms with Crippen LogP contribution in [0, 0.1) is 11.3 Å². The maximum absolute atomic E-state index is 5.71. The fraction of sp³-hybridized carbons (Fsp3) is 1.00. The minimum absolute atomic E-state index is 0.267. The van der Waals surface area contributed by atoms with Gasteiger partial charge >= 0.3 is 0 Å². The molecule has 0 aliphatic heterocycles. The van der Waals surface area contributed by atoms with Crippen molar-refractivity contribution in [1.82, 2.24) is 4.90 Å². The summed E-state index contributed by atoms with van der Waals surface area (Å²) in [6.07, 6.45) is 3.91. The van der Waals surface area contributed by atoms with Crippen molar-refractivity contribution in [2.75, 3.05) is 39.9 Å². The summed E-state index contributed by atoms with van der Waals surface area (Å²) < 4.78 is 5.62. The zero-order valence-corrected chi connectivity index (χ0v) is 11.2. The molecule has 16 heavy (non-hydrogen) atoms. The summed E-state index contributed by atoms with van der Waals surface area (Å²) >= 11 is 0. The van der Waals surface area contributed by atoms with E-state index >= 15 is 0 Å². The molecule has 3 nitrogen and oxygen atoms in total. The maximum atomic E-state index is 5.71. The minimum atomic E-state index is 0.267. The Hall–Kier alpha value is -0.120. The highest BCUT2D eigenvalue weighted by molar-refractivity contribution is 4.72. The van der Waals surface area contributed by atoms with Crippen LogP contribution in [-0.4, -0.2) is 44.8 Å². The highest BCUT2D eigenvalue weighted by atomic mass is 16.5. The molecule has 2 N–H and O–H groups in total. The zero-order chi connectivity index (χ0) is 12.0. The average molecular weight is 228 g/mol. The van der Waals surface area contributed by atoms with Crippen LogP contribution in [0.3, 0.4) is 0 Å². The molecule has 1 aliphatic rings. The van der Waals surface area contributed by atoms with Crippen LogP contribution in [0.1, 0.15) is 33.1 Å². The number of nitrogens with zero attached hydrogens (tertiary/aromatic N) is 1. The van der Waals surface area contributed by atoms with Crippen LogP contribution in [0.25, 0.3) is 0 Å². The number of hydrogen-bond donors (Lipinski definition) is 1. The lowest BCUT2D eigenvalue weighted by Crippen LogP contribution is -2.31. The smallest absolute Gasteiger partial charge is 0.0593 e. The van der Waals surface area contributed by atoms with Crippen molar-refractivity contribution >= 4 is 0 Å². The second-order valence-electron chi connectivity index (χ2n) is 5.94. The van der Waals surface area contributed by atoms with Crippen LogP contribution < -0.4 is 5.73 Å². The summed E-state index contributed by atoms with van der Waals surface area (Å²) in [6, 6.07) is 0. The normalized spacial score (nSPS) is 17.1. The molecule has 1 fully saturated rings. The molecule has 0 aromatic heterocycles. The Morgan fingerprint density at radius 3 is 2.56 bits per heavy atom. The largest absolute Gasteiger partial charge is 0.380 e. The van der Waals surface area contributed by atoms with Crippen molar-refractivity contribution in [3.05, 3.63) is 0 Å². The molecular formula is C13H28N2O. The Morgan fingerprint density at radius 2 is 2.00 bits per heavy atom. The van der Waals surface area contributed by atoms with Gasteiger partial charge in [-0.25, -0.2) is 0 Å². The first-order chi connectivity index (χ1) is 7.53. The third kappa shape index (κ3) is 6.46. The lowest BCUT2D eigenvalue weighted by Gasteiger charge is -2.25. The molecule has 0 amide bonds. The van der Waals surface area contributed by atoms with E-state index < -0.39 is 0 Å². The summed E-state index contributed by atoms with van der Waals surface area (Å²) in [5.74, 6) is 0.876. The van der Waals surface area contributed by atoms with Gasteiger partial charge in [-0.3, -0.25) is 0 Å². The van der Waals surface area contributed by atoms with Crippen molar-refractivity contribution in [2.24, 2.45) is 17.1 Å². The Morgan fingerprint density at radius 1 is 1.31 bits per heavy atom. The summed E-state index contributed by atoms with van der Waals surface area (Å²) in [6.45, 7) is 9.20. The van der Waals surface area contributed by atoms with Crippen LogP contribution in [-0.2, 0) is 4.74 Å². The maximum Gasteiger partial charge on any atom is 0.0593 e. The van der Waals surface area contributed by atoms with Crippen LogP contribution in [0.4, 0.5) is 0 Å². The van der Waals surface area contributed by atoms with Crippen LogP contribution in [0.2, 0.25) is 0 Å². The Kier molecular flexibility index (Phi) is 5.73. The van der Waals surface area contributed by atoms with Crippen molar-refractivity contribution in [1.29, 1.82) is 0 Å². The zero-order valence-electron chi connectivity index (χ0n) is 11.2. The highest BCUT2D eigenvalue weighted by Crippen LogP contribution is 2.28. The van der Waals surface area contributed by atoms with Gasteiger partial charge in [-0.15, -0.1) is 0 Å². The quantitative estimate of drug-likeness (QED) is 0.611. The summed E-state index contributed by atoms with van der Waals surface area (Å²) in [5, 5.41) is 0. The molecule has 1 saturated carbocycles. The van der Waals surface area contributed by atoms with E-state index in [0.717, 1.165) is 45.2 Å². The number of ether oxygens (including phenoxy) is 1. The fourth-order valence-electron chi connectivity index (χ4n) is 1.46. The molecule has 0 saturated heterocycles. The first-order valence-electron chi connectivity index (χ1n) is 6.50. The summed E-state index contributed by atoms with van der Waals surface area (Å²) in [7, 11) is 2.16. The van der Waals surface area contributed by atoms with Crippen LogP contribution in [0.5, 0.6) is 0 Å². The molecule has 0 spiro atoms. The van der Waals surface area contributed by atoms with Gasteiger partial charge in [0.1, 0.15) is 0 Å². The van der Waals surface area contributed by atoms with E-state index in [1.54, 1.807) is 0 Å². The van der Waals surface area contributed by atoms with Gasteiger partial charge in [0.25, 0.3) is 0 Å². The molecule has 0 radical (unpaired) electrons. The SMILES string of the molecule is CN(CCOCC1CC1)CCC(C)(C)CN. The molecule has 0 aromatic rings. The predicted molar refractivity (Wildman–Crippen MR) is 68.5 cm³/mol. The summed E-state index contributed by atoms with van der Waals surface area (Å²) in [4.78, 5) is 2.34. The van der Waals surface area contributed by atoms with Gasteiger partial charge in [0.05, 0.1) is 6.61 Å². The van der Waals surface area contributed by atoms with Crippen molar-refractivity contribution in [3.63, 3.8) is 0 Å². The van der Waals surface area contributed by atoms with Gasteiger partial charge in [0.15, 0.2) is 0 Å². The molecule has 0 aromatic carbocycles. The number of nitrogens with two attached hydrogens (primary N) is 1. The van der Waals surface area contributed by atoms with E-state index in [9.17, 15) is 0 Å². The van der Waals surface area contributed by atoms with E-state index in [4.69, 9.17) is 10.5 Å². The first-order valence-corrected chi connectivity index (χ1v) is 6.50. The lowest BCUT2D eigenvalue weighted by molar-refractivity contribution is 0.1000. The van der Waals surface area contributed by atoms with Gasteiger partial charge in [0, 0.05) is 13.2 Å². The molecule has 1 rings (SSSR count). The second kappa shape index (κ2) is 6.58. The van der Waals surface area contributed by atoms with Gasteiger partial charge in [0.2, 0.25) is 0 Å². The van der Waals surface area contributed by atoms with Gasteiger partial charge in [-0.05, 0) is 50.7 Å². The van der Waals surface area contributed by atoms with E-state index in [0.29, 0.717) is 0 Å². The Bertz CT molecular complexity index is 190. The molecule has 0 heterocycles. The van der Waals surface area contributed by atoms with E-state index in [1.807, 2.05) is 0 Å². The molecule has 0 unspecified atom stereocenters. The fourth-order valence-corrected chi connectivity index (χ4v) is 1.46. The monoisotopic (exact) mass is 228 g/mol. The topological polar surface area (TPSA) is 38.5 Å². The Labute approximate surface area is 100 Å². The van der Waals surface area contributed by atoms with E-state index in [-0.39, 0.29) is 5.41 Å². The first kappa shape index (κ1) is 13.9. The molecule has 0 atom stereocenters. The van der Waals surface area contributed by atoms with E-state index in [2.05, 4.69) is 25.8 Å². The molecule has 3 heteroatoms. The molecule has 96 valence electrons.